The number of hydrogen-bond acceptors (Lipinski definition) is 2. The lowest BCUT2D eigenvalue weighted by atomic mass is 10.1. The molecule has 0 atom stereocenters. The van der Waals surface area contributed by atoms with Crippen LogP contribution in [0.2, 0.25) is 0 Å². The first-order valence-electron chi connectivity index (χ1n) is 9.25. The molecule has 0 aliphatic heterocycles. The first kappa shape index (κ1) is 19.4. The van der Waals surface area contributed by atoms with Crippen LogP contribution in [0.15, 0.2) is 66.7 Å². The Balaban J connectivity index is 1.62. The molecule has 0 saturated heterocycles. The number of benzene rings is 3. The number of nitrogens with one attached hydrogen (secondary N) is 2. The van der Waals surface area contributed by atoms with Crippen LogP contribution in [0.5, 0.6) is 0 Å². The van der Waals surface area contributed by atoms with Gasteiger partial charge in [0.05, 0.1) is 0 Å². The second-order valence-corrected chi connectivity index (χ2v) is 7.02. The summed E-state index contributed by atoms with van der Waals surface area (Å²) < 4.78 is 0. The Morgan fingerprint density at radius 3 is 1.93 bits per heavy atom. The summed E-state index contributed by atoms with van der Waals surface area (Å²) in [4.78, 5) is 24.8. The predicted molar refractivity (Wildman–Crippen MR) is 113 cm³/mol. The Morgan fingerprint density at radius 1 is 0.714 bits per heavy atom. The number of aryl methyl sites for hydroxylation is 3. The molecule has 0 bridgehead atoms. The standard InChI is InChI=1S/C24H24N2O2/c1-16-5-8-19(9-6-16)15-25-23(27)20-10-12-21(13-11-20)24(28)26-22-14-17(2)4-7-18(22)3/h4-14H,15H2,1-3H3,(H,25,27)(H,26,28). The quantitative estimate of drug-likeness (QED) is 0.676. The van der Waals surface area contributed by atoms with Gasteiger partial charge in [-0.25, -0.2) is 0 Å². The SMILES string of the molecule is Cc1ccc(CNC(=O)c2ccc(C(=O)Nc3cc(C)ccc3C)cc2)cc1. The lowest BCUT2D eigenvalue weighted by molar-refractivity contribution is 0.0949. The third kappa shape index (κ3) is 4.86. The van der Waals surface area contributed by atoms with Gasteiger partial charge in [0.25, 0.3) is 11.8 Å². The van der Waals surface area contributed by atoms with Gasteiger partial charge in [0.1, 0.15) is 0 Å². The van der Waals surface area contributed by atoms with Crippen LogP contribution in [0.1, 0.15) is 43.0 Å². The molecule has 0 aromatic heterocycles. The molecule has 28 heavy (non-hydrogen) atoms. The van der Waals surface area contributed by atoms with Gasteiger partial charge < -0.3 is 10.6 Å². The average Bonchev–Trinajstić information content (AvgIpc) is 2.70. The molecule has 3 aromatic rings. The van der Waals surface area contributed by atoms with Crippen molar-refractivity contribution in [2.45, 2.75) is 27.3 Å². The van der Waals surface area contributed by atoms with Gasteiger partial charge in [-0.15, -0.1) is 0 Å². The first-order valence-corrected chi connectivity index (χ1v) is 9.25. The number of amides is 2. The van der Waals surface area contributed by atoms with Crippen molar-refractivity contribution in [1.29, 1.82) is 0 Å². The van der Waals surface area contributed by atoms with Crippen molar-refractivity contribution >= 4 is 17.5 Å². The Bertz CT molecular complexity index is 990. The first-order chi connectivity index (χ1) is 13.4. The average molecular weight is 372 g/mol. The highest BCUT2D eigenvalue weighted by molar-refractivity contribution is 6.05. The zero-order chi connectivity index (χ0) is 20.1. The van der Waals surface area contributed by atoms with Crippen LogP contribution >= 0.6 is 0 Å². The summed E-state index contributed by atoms with van der Waals surface area (Å²) in [5.41, 5.74) is 6.15. The van der Waals surface area contributed by atoms with E-state index in [1.165, 1.54) is 5.56 Å². The molecule has 3 rings (SSSR count). The number of anilines is 1. The lowest BCUT2D eigenvalue weighted by Gasteiger charge is -2.10. The normalized spacial score (nSPS) is 10.4. The zero-order valence-corrected chi connectivity index (χ0v) is 16.4. The number of hydrogen-bond donors (Lipinski definition) is 2. The van der Waals surface area contributed by atoms with E-state index < -0.39 is 0 Å². The molecule has 0 aliphatic rings. The molecular weight excluding hydrogens is 348 g/mol. The molecule has 4 nitrogen and oxygen atoms in total. The van der Waals surface area contributed by atoms with Crippen LogP contribution in [0, 0.1) is 20.8 Å². The molecule has 0 spiro atoms. The minimum absolute atomic E-state index is 0.165. The minimum Gasteiger partial charge on any atom is -0.348 e. The smallest absolute Gasteiger partial charge is 0.255 e. The zero-order valence-electron chi connectivity index (χ0n) is 16.4. The molecule has 0 aliphatic carbocycles. The Hall–Kier alpha value is -3.40. The molecule has 2 N–H and O–H groups in total. The third-order valence-corrected chi connectivity index (χ3v) is 4.62. The van der Waals surface area contributed by atoms with Gasteiger partial charge in [0, 0.05) is 23.4 Å². The van der Waals surface area contributed by atoms with Crippen molar-refractivity contribution in [3.05, 3.63) is 100 Å². The number of rotatable bonds is 5. The maximum atomic E-state index is 12.5. The van der Waals surface area contributed by atoms with E-state index in [9.17, 15) is 9.59 Å². The van der Waals surface area contributed by atoms with Gasteiger partial charge in [0.15, 0.2) is 0 Å². The van der Waals surface area contributed by atoms with Crippen molar-refractivity contribution in [2.24, 2.45) is 0 Å². The summed E-state index contributed by atoms with van der Waals surface area (Å²) in [7, 11) is 0. The molecule has 2 amide bonds. The number of carbonyl (C=O) groups is 2. The molecule has 0 unspecified atom stereocenters. The van der Waals surface area contributed by atoms with Crippen LogP contribution in [0.3, 0.4) is 0 Å². The Morgan fingerprint density at radius 2 is 1.29 bits per heavy atom. The highest BCUT2D eigenvalue weighted by atomic mass is 16.2. The summed E-state index contributed by atoms with van der Waals surface area (Å²) in [6.45, 7) is 6.43. The second kappa shape index (κ2) is 8.53. The fourth-order valence-electron chi connectivity index (χ4n) is 2.83. The third-order valence-electron chi connectivity index (χ3n) is 4.62. The van der Waals surface area contributed by atoms with Gasteiger partial charge in [-0.3, -0.25) is 9.59 Å². The Kier molecular flexibility index (Phi) is 5.90. The summed E-state index contributed by atoms with van der Waals surface area (Å²) in [5, 5.41) is 5.83. The van der Waals surface area contributed by atoms with E-state index in [1.807, 2.05) is 63.2 Å². The van der Waals surface area contributed by atoms with Crippen molar-refractivity contribution in [2.75, 3.05) is 5.32 Å². The summed E-state index contributed by atoms with van der Waals surface area (Å²) in [6, 6.07) is 20.6. The van der Waals surface area contributed by atoms with Crippen molar-refractivity contribution < 1.29 is 9.59 Å². The molecular formula is C24H24N2O2. The van der Waals surface area contributed by atoms with Crippen molar-refractivity contribution in [1.82, 2.24) is 5.32 Å². The summed E-state index contributed by atoms with van der Waals surface area (Å²) in [6.07, 6.45) is 0. The molecule has 0 fully saturated rings. The van der Waals surface area contributed by atoms with Crippen molar-refractivity contribution in [3.63, 3.8) is 0 Å². The van der Waals surface area contributed by atoms with Gasteiger partial charge in [-0.1, -0.05) is 42.0 Å². The Labute approximate surface area is 165 Å². The largest absolute Gasteiger partial charge is 0.348 e. The van der Waals surface area contributed by atoms with E-state index in [-0.39, 0.29) is 11.8 Å². The van der Waals surface area contributed by atoms with E-state index >= 15 is 0 Å². The van der Waals surface area contributed by atoms with Crippen LogP contribution in [-0.2, 0) is 6.54 Å². The van der Waals surface area contributed by atoms with Crippen molar-refractivity contribution in [3.8, 4) is 0 Å². The highest BCUT2D eigenvalue weighted by Crippen LogP contribution is 2.17. The molecule has 4 heteroatoms. The van der Waals surface area contributed by atoms with Crippen LogP contribution < -0.4 is 10.6 Å². The molecule has 3 aromatic carbocycles. The van der Waals surface area contributed by atoms with Gasteiger partial charge in [-0.05, 0) is 67.8 Å². The van der Waals surface area contributed by atoms with E-state index in [1.54, 1.807) is 24.3 Å². The lowest BCUT2D eigenvalue weighted by Crippen LogP contribution is -2.23. The topological polar surface area (TPSA) is 58.2 Å². The molecule has 142 valence electrons. The maximum Gasteiger partial charge on any atom is 0.255 e. The predicted octanol–water partition coefficient (Wildman–Crippen LogP) is 4.79. The minimum atomic E-state index is -0.194. The van der Waals surface area contributed by atoms with Gasteiger partial charge >= 0.3 is 0 Å². The fourth-order valence-corrected chi connectivity index (χ4v) is 2.83. The summed E-state index contributed by atoms with van der Waals surface area (Å²) >= 11 is 0. The molecule has 0 radical (unpaired) electrons. The monoisotopic (exact) mass is 372 g/mol. The number of carbonyl (C=O) groups excluding carboxylic acids is 2. The van der Waals surface area contributed by atoms with E-state index in [4.69, 9.17) is 0 Å². The van der Waals surface area contributed by atoms with Crippen LogP contribution in [0.25, 0.3) is 0 Å². The van der Waals surface area contributed by atoms with Gasteiger partial charge in [0.2, 0.25) is 0 Å². The maximum absolute atomic E-state index is 12.5. The van der Waals surface area contributed by atoms with E-state index in [0.29, 0.717) is 17.7 Å². The van der Waals surface area contributed by atoms with E-state index in [0.717, 1.165) is 22.4 Å². The second-order valence-electron chi connectivity index (χ2n) is 7.02. The summed E-state index contributed by atoms with van der Waals surface area (Å²) in [5.74, 6) is -0.359. The molecule has 0 heterocycles. The van der Waals surface area contributed by atoms with Crippen LogP contribution in [0.4, 0.5) is 5.69 Å². The van der Waals surface area contributed by atoms with Gasteiger partial charge in [-0.2, -0.15) is 0 Å². The fraction of sp³-hybridized carbons (Fsp3) is 0.167. The van der Waals surface area contributed by atoms with E-state index in [2.05, 4.69) is 10.6 Å². The molecule has 0 saturated carbocycles. The van der Waals surface area contributed by atoms with Crippen LogP contribution in [-0.4, -0.2) is 11.8 Å². The highest BCUT2D eigenvalue weighted by Gasteiger charge is 2.10.